The summed E-state index contributed by atoms with van der Waals surface area (Å²) in [7, 11) is 1.93. The van der Waals surface area contributed by atoms with E-state index in [0.29, 0.717) is 6.04 Å². The van der Waals surface area contributed by atoms with E-state index in [1.807, 2.05) is 17.7 Å². The van der Waals surface area contributed by atoms with E-state index in [-0.39, 0.29) is 0 Å². The minimum Gasteiger partial charge on any atom is -0.453 e. The van der Waals surface area contributed by atoms with Gasteiger partial charge in [0.2, 0.25) is 0 Å². The van der Waals surface area contributed by atoms with Crippen LogP contribution >= 0.6 is 11.8 Å². The van der Waals surface area contributed by atoms with Gasteiger partial charge in [-0.05, 0) is 23.9 Å². The zero-order chi connectivity index (χ0) is 15.6. The first-order valence-corrected chi connectivity index (χ1v) is 8.74. The number of aromatic nitrogens is 3. The second-order valence-corrected chi connectivity index (χ2v) is 7.02. The van der Waals surface area contributed by atoms with Crippen LogP contribution in [0.4, 0.5) is 0 Å². The fourth-order valence-electron chi connectivity index (χ4n) is 3.02. The number of ether oxygens (including phenoxy) is 1. The first kappa shape index (κ1) is 15.2. The quantitative estimate of drug-likeness (QED) is 0.810. The lowest BCUT2D eigenvalue weighted by molar-refractivity contribution is -0.0361. The Bertz CT molecular complexity index is 646. The van der Waals surface area contributed by atoms with Gasteiger partial charge in [-0.1, -0.05) is 0 Å². The zero-order valence-electron chi connectivity index (χ0n) is 13.2. The number of furan rings is 1. The van der Waals surface area contributed by atoms with Gasteiger partial charge < -0.3 is 13.7 Å². The second-order valence-electron chi connectivity index (χ2n) is 6.04. The van der Waals surface area contributed by atoms with Crippen molar-refractivity contribution < 1.29 is 9.15 Å². The van der Waals surface area contributed by atoms with Crippen molar-refractivity contribution in [3.05, 3.63) is 24.2 Å². The molecule has 2 aromatic rings. The molecule has 0 unspecified atom stereocenters. The molecule has 124 valence electrons. The van der Waals surface area contributed by atoms with Gasteiger partial charge in [0.1, 0.15) is 12.1 Å². The second kappa shape index (κ2) is 6.64. The van der Waals surface area contributed by atoms with Crippen molar-refractivity contribution in [2.24, 2.45) is 7.05 Å². The van der Waals surface area contributed by atoms with E-state index < -0.39 is 0 Å². The molecule has 7 nitrogen and oxygen atoms in total. The molecule has 2 fully saturated rings. The van der Waals surface area contributed by atoms with Crippen molar-refractivity contribution in [1.82, 2.24) is 24.6 Å². The third-order valence-electron chi connectivity index (χ3n) is 4.38. The van der Waals surface area contributed by atoms with Crippen LogP contribution in [0.2, 0.25) is 0 Å². The van der Waals surface area contributed by atoms with Crippen molar-refractivity contribution in [1.29, 1.82) is 0 Å². The Morgan fingerprint density at radius 3 is 2.83 bits per heavy atom. The minimum absolute atomic E-state index is 0.682. The highest BCUT2D eigenvalue weighted by Gasteiger charge is 2.32. The Morgan fingerprint density at radius 2 is 2.09 bits per heavy atom. The maximum absolute atomic E-state index is 5.91. The van der Waals surface area contributed by atoms with Gasteiger partial charge in [-0.2, -0.15) is 0 Å². The maximum atomic E-state index is 5.91. The molecule has 2 aromatic heterocycles. The summed E-state index contributed by atoms with van der Waals surface area (Å²) in [6, 6.07) is 4.75. The summed E-state index contributed by atoms with van der Waals surface area (Å²) < 4.78 is 13.2. The van der Waals surface area contributed by atoms with Crippen LogP contribution < -0.4 is 0 Å². The molecule has 0 spiro atoms. The van der Waals surface area contributed by atoms with Gasteiger partial charge in [-0.15, -0.1) is 10.2 Å². The van der Waals surface area contributed by atoms with Crippen LogP contribution in [-0.2, 0) is 18.3 Å². The van der Waals surface area contributed by atoms with Crippen LogP contribution in [0.1, 0.15) is 5.76 Å². The lowest BCUT2D eigenvalue weighted by Gasteiger charge is -2.46. The van der Waals surface area contributed by atoms with E-state index in [0.717, 1.165) is 61.9 Å². The SMILES string of the molecule is Cn1cnnc1Sc1ccc(CN2CC(N3CCOCC3)C2)o1. The average molecular weight is 335 g/mol. The van der Waals surface area contributed by atoms with Gasteiger partial charge in [-0.25, -0.2) is 0 Å². The van der Waals surface area contributed by atoms with Crippen LogP contribution in [0.25, 0.3) is 0 Å². The molecule has 0 aliphatic carbocycles. The van der Waals surface area contributed by atoms with E-state index in [1.165, 1.54) is 11.8 Å². The summed E-state index contributed by atoms with van der Waals surface area (Å²) in [5.74, 6) is 1.01. The fourth-order valence-corrected chi connectivity index (χ4v) is 3.76. The summed E-state index contributed by atoms with van der Waals surface area (Å²) >= 11 is 1.50. The van der Waals surface area contributed by atoms with E-state index in [1.54, 1.807) is 6.33 Å². The van der Waals surface area contributed by atoms with Gasteiger partial charge in [0.05, 0.1) is 19.8 Å². The predicted molar refractivity (Wildman–Crippen MR) is 85.3 cm³/mol. The summed E-state index contributed by atoms with van der Waals surface area (Å²) in [6.45, 7) is 6.99. The molecule has 0 N–H and O–H groups in total. The summed E-state index contributed by atoms with van der Waals surface area (Å²) in [4.78, 5) is 4.97. The molecule has 0 saturated carbocycles. The Balaban J connectivity index is 1.27. The molecule has 0 radical (unpaired) electrons. The van der Waals surface area contributed by atoms with Crippen molar-refractivity contribution >= 4 is 11.8 Å². The maximum Gasteiger partial charge on any atom is 0.198 e. The van der Waals surface area contributed by atoms with E-state index in [9.17, 15) is 0 Å². The molecule has 0 amide bonds. The van der Waals surface area contributed by atoms with Gasteiger partial charge in [-0.3, -0.25) is 9.80 Å². The van der Waals surface area contributed by atoms with Crippen molar-refractivity contribution in [3.8, 4) is 0 Å². The van der Waals surface area contributed by atoms with Gasteiger partial charge in [0.15, 0.2) is 10.2 Å². The van der Waals surface area contributed by atoms with Crippen LogP contribution in [0.15, 0.2) is 33.1 Å². The topological polar surface area (TPSA) is 59.6 Å². The average Bonchev–Trinajstić information content (AvgIpc) is 3.14. The molecular formula is C15H21N5O2S. The number of hydrogen-bond acceptors (Lipinski definition) is 7. The monoisotopic (exact) mass is 335 g/mol. The summed E-state index contributed by atoms with van der Waals surface area (Å²) in [6.07, 6.45) is 1.69. The van der Waals surface area contributed by atoms with Crippen LogP contribution in [0.5, 0.6) is 0 Å². The highest BCUT2D eigenvalue weighted by Crippen LogP contribution is 2.28. The molecule has 2 aliphatic heterocycles. The molecule has 0 atom stereocenters. The highest BCUT2D eigenvalue weighted by molar-refractivity contribution is 7.99. The molecule has 0 aromatic carbocycles. The highest BCUT2D eigenvalue weighted by atomic mass is 32.2. The largest absolute Gasteiger partial charge is 0.453 e. The third-order valence-corrected chi connectivity index (χ3v) is 5.35. The number of rotatable bonds is 5. The Kier molecular flexibility index (Phi) is 4.39. The first-order chi connectivity index (χ1) is 11.3. The van der Waals surface area contributed by atoms with Gasteiger partial charge in [0.25, 0.3) is 0 Å². The number of aryl methyl sites for hydroxylation is 1. The number of likely N-dealkylation sites (tertiary alicyclic amines) is 1. The predicted octanol–water partition coefficient (Wildman–Crippen LogP) is 1.08. The Morgan fingerprint density at radius 1 is 1.26 bits per heavy atom. The van der Waals surface area contributed by atoms with Crippen LogP contribution in [-0.4, -0.2) is 70.0 Å². The fraction of sp³-hybridized carbons (Fsp3) is 0.600. The zero-order valence-corrected chi connectivity index (χ0v) is 14.0. The summed E-state index contributed by atoms with van der Waals surface area (Å²) in [5.41, 5.74) is 0. The Labute approximate surface area is 139 Å². The number of morpholine rings is 1. The summed E-state index contributed by atoms with van der Waals surface area (Å²) in [5, 5.41) is 9.63. The van der Waals surface area contributed by atoms with E-state index in [2.05, 4.69) is 26.1 Å². The lowest BCUT2D eigenvalue weighted by Crippen LogP contribution is -2.60. The molecule has 4 heterocycles. The Hall–Kier alpha value is -1.35. The van der Waals surface area contributed by atoms with Crippen LogP contribution in [0, 0.1) is 0 Å². The lowest BCUT2D eigenvalue weighted by atomic mass is 10.1. The third kappa shape index (κ3) is 3.45. The molecular weight excluding hydrogens is 314 g/mol. The molecule has 0 bridgehead atoms. The van der Waals surface area contributed by atoms with Crippen molar-refractivity contribution in [3.63, 3.8) is 0 Å². The normalized spacial score (nSPS) is 20.7. The van der Waals surface area contributed by atoms with Crippen LogP contribution in [0.3, 0.4) is 0 Å². The minimum atomic E-state index is 0.682. The number of hydrogen-bond donors (Lipinski definition) is 0. The molecule has 23 heavy (non-hydrogen) atoms. The molecule has 4 rings (SSSR count). The van der Waals surface area contributed by atoms with Gasteiger partial charge in [0, 0.05) is 39.3 Å². The smallest absolute Gasteiger partial charge is 0.198 e. The van der Waals surface area contributed by atoms with E-state index in [4.69, 9.17) is 9.15 Å². The molecule has 8 heteroatoms. The van der Waals surface area contributed by atoms with Crippen molar-refractivity contribution in [2.45, 2.75) is 22.8 Å². The van der Waals surface area contributed by atoms with E-state index >= 15 is 0 Å². The number of nitrogens with zero attached hydrogens (tertiary/aromatic N) is 5. The standard InChI is InChI=1S/C15H21N5O2S/c1-18-11-16-17-15(18)23-14-3-2-13(22-14)10-19-8-12(9-19)20-4-6-21-7-5-20/h2-3,11-12H,4-10H2,1H3. The van der Waals surface area contributed by atoms with Gasteiger partial charge >= 0.3 is 0 Å². The van der Waals surface area contributed by atoms with Crippen molar-refractivity contribution in [2.75, 3.05) is 39.4 Å². The molecule has 2 aliphatic rings. The first-order valence-electron chi connectivity index (χ1n) is 7.92. The molecule has 2 saturated heterocycles.